The number of H-pyrrole nitrogens is 1. The number of benzene rings is 2. The van der Waals surface area contributed by atoms with E-state index in [9.17, 15) is 4.79 Å². The molecule has 2 aromatic carbocycles. The monoisotopic (exact) mass is 400 g/mol. The van der Waals surface area contributed by atoms with E-state index in [-0.39, 0.29) is 11.0 Å². The number of aromatic amines is 1. The number of hydrogen-bond donors (Lipinski definition) is 2. The zero-order chi connectivity index (χ0) is 20.1. The van der Waals surface area contributed by atoms with E-state index in [4.69, 9.17) is 0 Å². The summed E-state index contributed by atoms with van der Waals surface area (Å²) in [7, 11) is 0. The van der Waals surface area contributed by atoms with Crippen LogP contribution >= 0.6 is 0 Å². The zero-order valence-corrected chi connectivity index (χ0v) is 17.2. The standard InChI is InChI=1S/C25H28N4O/c30-24-19(12-18-6-4-5-9-22(18)27-24)13-26-23-20-14-28-10-11-29(15-20)17-25(23,16-28)21-7-2-1-3-8-21/h1-9,12,20,23,26H,10-11,13-17H2,(H,27,30). The number of fused-ring (bicyclic) bond motifs is 2. The molecule has 0 radical (unpaired) electrons. The van der Waals surface area contributed by atoms with Gasteiger partial charge in [0.05, 0.1) is 0 Å². The molecule has 3 aromatic rings. The number of aromatic nitrogens is 1. The Balaban J connectivity index is 1.35. The molecular weight excluding hydrogens is 372 g/mol. The Morgan fingerprint density at radius 2 is 1.67 bits per heavy atom. The van der Waals surface area contributed by atoms with Crippen molar-refractivity contribution in [3.63, 3.8) is 0 Å². The minimum Gasteiger partial charge on any atom is -0.322 e. The highest BCUT2D eigenvalue weighted by molar-refractivity contribution is 5.78. The van der Waals surface area contributed by atoms with Crippen LogP contribution in [0.15, 0.2) is 65.5 Å². The summed E-state index contributed by atoms with van der Waals surface area (Å²) in [6.45, 7) is 7.43. The van der Waals surface area contributed by atoms with Gasteiger partial charge in [0, 0.05) is 74.3 Å². The van der Waals surface area contributed by atoms with Gasteiger partial charge in [-0.15, -0.1) is 0 Å². The molecule has 3 unspecified atom stereocenters. The van der Waals surface area contributed by atoms with E-state index < -0.39 is 0 Å². The molecule has 30 heavy (non-hydrogen) atoms. The number of piperidine rings is 2. The number of hydrogen-bond acceptors (Lipinski definition) is 4. The Morgan fingerprint density at radius 3 is 2.43 bits per heavy atom. The highest BCUT2D eigenvalue weighted by Gasteiger charge is 2.54. The highest BCUT2D eigenvalue weighted by atomic mass is 16.1. The second kappa shape index (κ2) is 7.05. The predicted molar refractivity (Wildman–Crippen MR) is 120 cm³/mol. The molecule has 3 atom stereocenters. The summed E-state index contributed by atoms with van der Waals surface area (Å²) in [5.41, 5.74) is 3.24. The fraction of sp³-hybridized carbons (Fsp3) is 0.400. The van der Waals surface area contributed by atoms with Crippen LogP contribution in [-0.2, 0) is 12.0 Å². The maximum Gasteiger partial charge on any atom is 0.252 e. The zero-order valence-electron chi connectivity index (χ0n) is 17.2. The van der Waals surface area contributed by atoms with Gasteiger partial charge in [0.15, 0.2) is 0 Å². The molecule has 0 amide bonds. The second-order valence-corrected chi connectivity index (χ2v) is 9.32. The first kappa shape index (κ1) is 18.3. The van der Waals surface area contributed by atoms with Crippen molar-refractivity contribution in [2.24, 2.45) is 5.92 Å². The van der Waals surface area contributed by atoms with Crippen molar-refractivity contribution in [1.29, 1.82) is 0 Å². The van der Waals surface area contributed by atoms with Crippen molar-refractivity contribution >= 4 is 10.9 Å². The van der Waals surface area contributed by atoms with Crippen molar-refractivity contribution < 1.29 is 0 Å². The molecule has 0 saturated carbocycles. The second-order valence-electron chi connectivity index (χ2n) is 9.32. The van der Waals surface area contributed by atoms with Crippen LogP contribution in [-0.4, -0.2) is 60.1 Å². The average Bonchev–Trinajstić information content (AvgIpc) is 3.02. The summed E-state index contributed by atoms with van der Waals surface area (Å²) in [6, 6.07) is 21.5. The van der Waals surface area contributed by atoms with E-state index in [1.54, 1.807) is 0 Å². The van der Waals surface area contributed by atoms with Gasteiger partial charge in [-0.2, -0.15) is 0 Å². The highest BCUT2D eigenvalue weighted by Crippen LogP contribution is 2.43. The number of pyridine rings is 1. The molecule has 154 valence electrons. The number of nitrogens with one attached hydrogen (secondary N) is 2. The van der Waals surface area contributed by atoms with E-state index >= 15 is 0 Å². The third-order valence-electron chi connectivity index (χ3n) is 7.49. The van der Waals surface area contributed by atoms with Crippen molar-refractivity contribution in [3.8, 4) is 0 Å². The van der Waals surface area contributed by atoms with Crippen LogP contribution in [0, 0.1) is 5.92 Å². The van der Waals surface area contributed by atoms with E-state index in [0.717, 1.165) is 42.6 Å². The molecule has 4 saturated heterocycles. The van der Waals surface area contributed by atoms with E-state index in [1.165, 1.54) is 18.7 Å². The summed E-state index contributed by atoms with van der Waals surface area (Å²) >= 11 is 0. The molecule has 7 rings (SSSR count). The van der Waals surface area contributed by atoms with E-state index in [2.05, 4.69) is 56.5 Å². The van der Waals surface area contributed by atoms with Crippen LogP contribution in [0.3, 0.4) is 0 Å². The van der Waals surface area contributed by atoms with Crippen LogP contribution in [0.2, 0.25) is 0 Å². The lowest BCUT2D eigenvalue weighted by Crippen LogP contribution is -2.70. The fourth-order valence-electron chi connectivity index (χ4n) is 6.22. The Kier molecular flexibility index (Phi) is 4.30. The van der Waals surface area contributed by atoms with Gasteiger partial charge >= 0.3 is 0 Å². The maximum absolute atomic E-state index is 12.7. The van der Waals surface area contributed by atoms with Gasteiger partial charge in [-0.05, 0) is 23.1 Å². The number of para-hydroxylation sites is 1. The molecule has 4 aliphatic heterocycles. The van der Waals surface area contributed by atoms with Crippen molar-refractivity contribution in [2.75, 3.05) is 39.3 Å². The Morgan fingerprint density at radius 1 is 0.967 bits per heavy atom. The Bertz CT molecular complexity index is 1110. The molecule has 4 aliphatic rings. The van der Waals surface area contributed by atoms with Gasteiger partial charge in [-0.25, -0.2) is 0 Å². The summed E-state index contributed by atoms with van der Waals surface area (Å²) in [6.07, 6.45) is 0. The van der Waals surface area contributed by atoms with Gasteiger partial charge in [0.1, 0.15) is 0 Å². The fourth-order valence-corrected chi connectivity index (χ4v) is 6.22. The van der Waals surface area contributed by atoms with Gasteiger partial charge in [0.2, 0.25) is 0 Å². The molecule has 0 aliphatic carbocycles. The first-order chi connectivity index (χ1) is 14.7. The third-order valence-corrected chi connectivity index (χ3v) is 7.49. The van der Waals surface area contributed by atoms with Crippen LogP contribution in [0.5, 0.6) is 0 Å². The lowest BCUT2D eigenvalue weighted by atomic mass is 9.64. The molecular formula is C25H28N4O. The Labute approximate surface area is 176 Å². The van der Waals surface area contributed by atoms with E-state index in [1.807, 2.05) is 24.3 Å². The predicted octanol–water partition coefficient (Wildman–Crippen LogP) is 2.19. The minimum absolute atomic E-state index is 0.0171. The lowest BCUT2D eigenvalue weighted by molar-refractivity contribution is 0.0174. The Hall–Kier alpha value is -2.47. The largest absolute Gasteiger partial charge is 0.322 e. The molecule has 2 N–H and O–H groups in total. The lowest BCUT2D eigenvalue weighted by Gasteiger charge is -2.56. The number of rotatable bonds is 4. The molecule has 4 bridgehead atoms. The topological polar surface area (TPSA) is 51.4 Å². The van der Waals surface area contributed by atoms with Crippen molar-refractivity contribution in [2.45, 2.75) is 18.0 Å². The van der Waals surface area contributed by atoms with Crippen LogP contribution in [0.4, 0.5) is 0 Å². The van der Waals surface area contributed by atoms with Crippen molar-refractivity contribution in [1.82, 2.24) is 20.1 Å². The maximum atomic E-state index is 12.7. The molecule has 5 heteroatoms. The molecule has 5 heterocycles. The summed E-state index contributed by atoms with van der Waals surface area (Å²) in [5.74, 6) is 0.578. The van der Waals surface area contributed by atoms with Gasteiger partial charge in [-0.3, -0.25) is 4.79 Å². The summed E-state index contributed by atoms with van der Waals surface area (Å²) < 4.78 is 0. The first-order valence-corrected chi connectivity index (χ1v) is 11.1. The molecule has 4 fully saturated rings. The molecule has 1 aromatic heterocycles. The van der Waals surface area contributed by atoms with Crippen LogP contribution < -0.4 is 10.9 Å². The van der Waals surface area contributed by atoms with Gasteiger partial charge < -0.3 is 20.1 Å². The van der Waals surface area contributed by atoms with Crippen molar-refractivity contribution in [3.05, 3.63) is 82.1 Å². The minimum atomic E-state index is 0.0171. The van der Waals surface area contributed by atoms with E-state index in [0.29, 0.717) is 18.5 Å². The quantitative estimate of drug-likeness (QED) is 0.705. The summed E-state index contributed by atoms with van der Waals surface area (Å²) in [5, 5.41) is 4.97. The SMILES string of the molecule is O=c1[nH]c2ccccc2cc1CNC1C2CN3CCN(C2)CC1(c1ccccc1)C3. The third kappa shape index (κ3) is 2.92. The molecule has 0 spiro atoms. The normalized spacial score (nSPS) is 32.4. The smallest absolute Gasteiger partial charge is 0.252 e. The van der Waals surface area contributed by atoms with Gasteiger partial charge in [0.25, 0.3) is 5.56 Å². The van der Waals surface area contributed by atoms with Gasteiger partial charge in [-0.1, -0.05) is 48.5 Å². The summed E-state index contributed by atoms with van der Waals surface area (Å²) in [4.78, 5) is 21.1. The first-order valence-electron chi connectivity index (χ1n) is 11.1. The van der Waals surface area contributed by atoms with Crippen LogP contribution in [0.1, 0.15) is 11.1 Å². The average molecular weight is 401 g/mol. The molecule has 5 nitrogen and oxygen atoms in total. The number of nitrogens with zero attached hydrogens (tertiary/aromatic N) is 2. The van der Waals surface area contributed by atoms with Crippen LogP contribution in [0.25, 0.3) is 10.9 Å².